The second-order valence-electron chi connectivity index (χ2n) is 6.86. The van der Waals surface area contributed by atoms with Crippen LogP contribution in [0.3, 0.4) is 0 Å². The van der Waals surface area contributed by atoms with Crippen LogP contribution in [0.4, 0.5) is 4.39 Å². The molecule has 1 N–H and O–H groups in total. The topological polar surface area (TPSA) is 34.2 Å². The van der Waals surface area contributed by atoms with Gasteiger partial charge in [-0.15, -0.1) is 0 Å². The minimum atomic E-state index is -0.226. The Morgan fingerprint density at radius 3 is 2.78 bits per heavy atom. The van der Waals surface area contributed by atoms with Crippen LogP contribution < -0.4 is 5.32 Å². The molecule has 27 heavy (non-hydrogen) atoms. The molecule has 1 unspecified atom stereocenters. The van der Waals surface area contributed by atoms with Crippen LogP contribution >= 0.6 is 0 Å². The maximum atomic E-state index is 13.1. The molecule has 3 aromatic rings. The van der Waals surface area contributed by atoms with Crippen LogP contribution in [0, 0.1) is 5.82 Å². The van der Waals surface area contributed by atoms with Crippen molar-refractivity contribution in [1.29, 1.82) is 0 Å². The standard InChI is InChI=1S/C23H23FN2O/c24-21-7-5-18(6-8-21)20-13-17(15-26-16-20)14-25-11-9-23-22-4-2-1-3-19(22)10-12-27-23/h1-8,13,15-16,23,25H,9-12,14H2. The van der Waals surface area contributed by atoms with Crippen molar-refractivity contribution in [1.82, 2.24) is 10.3 Å². The molecule has 3 nitrogen and oxygen atoms in total. The van der Waals surface area contributed by atoms with Crippen molar-refractivity contribution in [3.63, 3.8) is 0 Å². The number of halogens is 1. The Morgan fingerprint density at radius 2 is 1.89 bits per heavy atom. The molecule has 4 rings (SSSR count). The van der Waals surface area contributed by atoms with Gasteiger partial charge in [-0.2, -0.15) is 0 Å². The zero-order chi connectivity index (χ0) is 18.5. The molecule has 1 aromatic heterocycles. The number of pyridine rings is 1. The second kappa shape index (κ2) is 8.42. The fourth-order valence-electron chi connectivity index (χ4n) is 3.57. The van der Waals surface area contributed by atoms with E-state index in [1.54, 1.807) is 12.1 Å². The summed E-state index contributed by atoms with van der Waals surface area (Å²) in [5, 5.41) is 3.49. The van der Waals surface area contributed by atoms with Gasteiger partial charge in [-0.1, -0.05) is 36.4 Å². The van der Waals surface area contributed by atoms with Crippen molar-refractivity contribution in [2.45, 2.75) is 25.5 Å². The van der Waals surface area contributed by atoms with E-state index in [0.29, 0.717) is 0 Å². The quantitative estimate of drug-likeness (QED) is 0.647. The molecule has 2 aromatic carbocycles. The monoisotopic (exact) mass is 362 g/mol. The first-order valence-corrected chi connectivity index (χ1v) is 9.39. The molecule has 0 fully saturated rings. The third-order valence-corrected chi connectivity index (χ3v) is 4.98. The summed E-state index contributed by atoms with van der Waals surface area (Å²) >= 11 is 0. The van der Waals surface area contributed by atoms with Gasteiger partial charge >= 0.3 is 0 Å². The molecule has 138 valence electrons. The van der Waals surface area contributed by atoms with E-state index in [-0.39, 0.29) is 11.9 Å². The van der Waals surface area contributed by atoms with Gasteiger partial charge < -0.3 is 10.1 Å². The van der Waals surface area contributed by atoms with Gasteiger partial charge in [0.15, 0.2) is 0 Å². The number of nitrogens with zero attached hydrogens (tertiary/aromatic N) is 1. The zero-order valence-corrected chi connectivity index (χ0v) is 15.2. The highest BCUT2D eigenvalue weighted by Crippen LogP contribution is 2.29. The Balaban J connectivity index is 1.32. The summed E-state index contributed by atoms with van der Waals surface area (Å²) in [6.45, 7) is 2.42. The molecule has 2 heterocycles. The summed E-state index contributed by atoms with van der Waals surface area (Å²) in [6, 6.07) is 17.2. The highest BCUT2D eigenvalue weighted by atomic mass is 19.1. The lowest BCUT2D eigenvalue weighted by molar-refractivity contribution is 0.0367. The predicted molar refractivity (Wildman–Crippen MR) is 105 cm³/mol. The molecule has 0 spiro atoms. The van der Waals surface area contributed by atoms with Crippen LogP contribution in [-0.2, 0) is 17.7 Å². The molecule has 0 bridgehead atoms. The molecule has 0 amide bonds. The molecule has 4 heteroatoms. The Kier molecular flexibility index (Phi) is 5.56. The summed E-state index contributed by atoms with van der Waals surface area (Å²) in [4.78, 5) is 4.32. The van der Waals surface area contributed by atoms with Crippen molar-refractivity contribution in [3.8, 4) is 11.1 Å². The van der Waals surface area contributed by atoms with E-state index in [1.807, 2.05) is 12.4 Å². The average molecular weight is 362 g/mol. The summed E-state index contributed by atoms with van der Waals surface area (Å²) in [7, 11) is 0. The zero-order valence-electron chi connectivity index (χ0n) is 15.2. The van der Waals surface area contributed by atoms with Gasteiger partial charge in [-0.05, 0) is 59.8 Å². The van der Waals surface area contributed by atoms with Crippen LogP contribution in [0.25, 0.3) is 11.1 Å². The minimum Gasteiger partial charge on any atom is -0.373 e. The third-order valence-electron chi connectivity index (χ3n) is 4.98. The van der Waals surface area contributed by atoms with Crippen molar-refractivity contribution in [2.24, 2.45) is 0 Å². The van der Waals surface area contributed by atoms with E-state index in [4.69, 9.17) is 4.74 Å². The Morgan fingerprint density at radius 1 is 1.04 bits per heavy atom. The van der Waals surface area contributed by atoms with Crippen LogP contribution in [0.2, 0.25) is 0 Å². The number of fused-ring (bicyclic) bond motifs is 1. The number of ether oxygens (including phenoxy) is 1. The molecule has 1 atom stereocenters. The number of hydrogen-bond acceptors (Lipinski definition) is 3. The molecule has 1 aliphatic heterocycles. The normalized spacial score (nSPS) is 16.1. The molecular weight excluding hydrogens is 339 g/mol. The highest BCUT2D eigenvalue weighted by molar-refractivity contribution is 5.62. The highest BCUT2D eigenvalue weighted by Gasteiger charge is 2.19. The fraction of sp³-hybridized carbons (Fsp3) is 0.261. The van der Waals surface area contributed by atoms with Gasteiger partial charge in [0.25, 0.3) is 0 Å². The van der Waals surface area contributed by atoms with Crippen molar-refractivity contribution < 1.29 is 9.13 Å². The molecule has 1 aliphatic rings. The first-order valence-electron chi connectivity index (χ1n) is 9.39. The van der Waals surface area contributed by atoms with Crippen molar-refractivity contribution in [2.75, 3.05) is 13.2 Å². The van der Waals surface area contributed by atoms with E-state index < -0.39 is 0 Å². The van der Waals surface area contributed by atoms with E-state index in [2.05, 4.69) is 40.6 Å². The maximum absolute atomic E-state index is 13.1. The number of hydrogen-bond donors (Lipinski definition) is 1. The molecule has 0 radical (unpaired) electrons. The van der Waals surface area contributed by atoms with E-state index in [1.165, 1.54) is 23.3 Å². The van der Waals surface area contributed by atoms with Crippen molar-refractivity contribution in [3.05, 3.63) is 89.5 Å². The lowest BCUT2D eigenvalue weighted by atomic mass is 9.96. The third kappa shape index (κ3) is 4.41. The summed E-state index contributed by atoms with van der Waals surface area (Å²) in [5.74, 6) is -0.226. The lowest BCUT2D eigenvalue weighted by Gasteiger charge is -2.26. The van der Waals surface area contributed by atoms with Crippen LogP contribution in [0.15, 0.2) is 67.0 Å². The number of benzene rings is 2. The smallest absolute Gasteiger partial charge is 0.123 e. The first kappa shape index (κ1) is 17.8. The molecule has 0 saturated heterocycles. The summed E-state index contributed by atoms with van der Waals surface area (Å²) < 4.78 is 19.1. The largest absolute Gasteiger partial charge is 0.373 e. The molecular formula is C23H23FN2O. The minimum absolute atomic E-state index is 0.172. The van der Waals surface area contributed by atoms with Crippen LogP contribution in [0.5, 0.6) is 0 Å². The number of aromatic nitrogens is 1. The predicted octanol–water partition coefficient (Wildman–Crippen LogP) is 4.68. The van der Waals surface area contributed by atoms with E-state index in [9.17, 15) is 4.39 Å². The summed E-state index contributed by atoms with van der Waals surface area (Å²) in [5.41, 5.74) is 5.81. The van der Waals surface area contributed by atoms with Crippen molar-refractivity contribution >= 4 is 0 Å². The van der Waals surface area contributed by atoms with Gasteiger partial charge in [0, 0.05) is 24.5 Å². The Hall–Kier alpha value is -2.56. The SMILES string of the molecule is Fc1ccc(-c2cncc(CNCCC3OCCc4ccccc43)c2)cc1. The van der Waals surface area contributed by atoms with E-state index in [0.717, 1.165) is 49.2 Å². The number of rotatable bonds is 6. The first-order chi connectivity index (χ1) is 13.3. The Bertz CT molecular complexity index is 895. The second-order valence-corrected chi connectivity index (χ2v) is 6.86. The average Bonchev–Trinajstić information content (AvgIpc) is 2.72. The fourth-order valence-corrected chi connectivity index (χ4v) is 3.57. The van der Waals surface area contributed by atoms with Gasteiger partial charge in [0.05, 0.1) is 12.7 Å². The molecule has 0 saturated carbocycles. The van der Waals surface area contributed by atoms with Crippen LogP contribution in [-0.4, -0.2) is 18.1 Å². The van der Waals surface area contributed by atoms with Gasteiger partial charge in [0.2, 0.25) is 0 Å². The number of nitrogens with one attached hydrogen (secondary N) is 1. The van der Waals surface area contributed by atoms with Crippen LogP contribution in [0.1, 0.15) is 29.2 Å². The van der Waals surface area contributed by atoms with Gasteiger partial charge in [-0.25, -0.2) is 4.39 Å². The van der Waals surface area contributed by atoms with E-state index >= 15 is 0 Å². The Labute approximate surface area is 159 Å². The van der Waals surface area contributed by atoms with Gasteiger partial charge in [-0.3, -0.25) is 4.98 Å². The lowest BCUT2D eigenvalue weighted by Crippen LogP contribution is -2.22. The van der Waals surface area contributed by atoms with Gasteiger partial charge in [0.1, 0.15) is 5.82 Å². The maximum Gasteiger partial charge on any atom is 0.123 e. The molecule has 0 aliphatic carbocycles. The summed E-state index contributed by atoms with van der Waals surface area (Å²) in [6.07, 6.45) is 5.80.